The lowest BCUT2D eigenvalue weighted by Gasteiger charge is -2.21. The summed E-state index contributed by atoms with van der Waals surface area (Å²) in [7, 11) is 0. The fraction of sp³-hybridized carbons (Fsp3) is 0.286. The monoisotopic (exact) mass is 293 g/mol. The van der Waals surface area contributed by atoms with Gasteiger partial charge in [0.05, 0.1) is 10.0 Å². The Balaban J connectivity index is 2.04. The van der Waals surface area contributed by atoms with Crippen LogP contribution in [0.3, 0.4) is 0 Å². The van der Waals surface area contributed by atoms with E-state index in [1.54, 1.807) is 12.1 Å². The largest absolute Gasteiger partial charge is 0.324 e. The maximum Gasteiger partial charge on any atom is 0.159 e. The van der Waals surface area contributed by atoms with Gasteiger partial charge in [-0.3, -0.25) is 0 Å². The van der Waals surface area contributed by atoms with Crippen molar-refractivity contribution in [2.75, 3.05) is 0 Å². The van der Waals surface area contributed by atoms with E-state index >= 15 is 0 Å². The molecular formula is C14H13Cl2N3. The molecule has 1 aliphatic carbocycles. The highest BCUT2D eigenvalue weighted by Gasteiger charge is 2.19. The van der Waals surface area contributed by atoms with Crippen LogP contribution in [0.15, 0.2) is 24.4 Å². The van der Waals surface area contributed by atoms with Crippen molar-refractivity contribution in [3.8, 4) is 11.4 Å². The average Bonchev–Trinajstić information content (AvgIpc) is 2.42. The molecule has 0 spiro atoms. The SMILES string of the molecule is NC1CCCc2nc(-c3ccc(Cl)c(Cl)c3)ncc21. The first kappa shape index (κ1) is 12.9. The Morgan fingerprint density at radius 3 is 2.84 bits per heavy atom. The molecule has 0 fully saturated rings. The molecule has 1 atom stereocenters. The zero-order valence-corrected chi connectivity index (χ0v) is 11.7. The quantitative estimate of drug-likeness (QED) is 0.870. The summed E-state index contributed by atoms with van der Waals surface area (Å²) in [6.45, 7) is 0. The van der Waals surface area contributed by atoms with Crippen molar-refractivity contribution >= 4 is 23.2 Å². The van der Waals surface area contributed by atoms with Gasteiger partial charge in [0.25, 0.3) is 0 Å². The minimum Gasteiger partial charge on any atom is -0.324 e. The fourth-order valence-corrected chi connectivity index (χ4v) is 2.65. The van der Waals surface area contributed by atoms with Gasteiger partial charge < -0.3 is 5.73 Å². The molecule has 2 aromatic rings. The van der Waals surface area contributed by atoms with E-state index in [0.717, 1.165) is 36.1 Å². The molecule has 0 radical (unpaired) electrons. The van der Waals surface area contributed by atoms with E-state index in [9.17, 15) is 0 Å². The van der Waals surface area contributed by atoms with Crippen molar-refractivity contribution < 1.29 is 0 Å². The van der Waals surface area contributed by atoms with Crippen LogP contribution in [0.1, 0.15) is 30.1 Å². The number of aryl methyl sites for hydroxylation is 1. The van der Waals surface area contributed by atoms with E-state index in [2.05, 4.69) is 9.97 Å². The van der Waals surface area contributed by atoms with Gasteiger partial charge in [-0.05, 0) is 37.5 Å². The van der Waals surface area contributed by atoms with Crippen molar-refractivity contribution in [2.24, 2.45) is 5.73 Å². The van der Waals surface area contributed by atoms with Gasteiger partial charge in [0, 0.05) is 29.1 Å². The van der Waals surface area contributed by atoms with Gasteiger partial charge in [0.1, 0.15) is 0 Å². The first-order chi connectivity index (χ1) is 9.15. The van der Waals surface area contributed by atoms with E-state index in [0.29, 0.717) is 15.9 Å². The molecule has 1 aromatic carbocycles. The van der Waals surface area contributed by atoms with E-state index in [1.807, 2.05) is 12.3 Å². The molecule has 0 saturated heterocycles. The van der Waals surface area contributed by atoms with Gasteiger partial charge in [0.15, 0.2) is 5.82 Å². The normalized spacial score (nSPS) is 18.2. The van der Waals surface area contributed by atoms with Crippen molar-refractivity contribution in [1.29, 1.82) is 0 Å². The molecule has 3 rings (SSSR count). The zero-order chi connectivity index (χ0) is 13.4. The predicted molar refractivity (Wildman–Crippen MR) is 77.4 cm³/mol. The highest BCUT2D eigenvalue weighted by atomic mass is 35.5. The van der Waals surface area contributed by atoms with E-state index in [1.165, 1.54) is 0 Å². The first-order valence-corrected chi connectivity index (χ1v) is 6.97. The van der Waals surface area contributed by atoms with Gasteiger partial charge in [-0.25, -0.2) is 9.97 Å². The number of fused-ring (bicyclic) bond motifs is 1. The Labute approximate surface area is 121 Å². The standard InChI is InChI=1S/C14H13Cl2N3/c15-10-5-4-8(6-11(10)16)14-18-7-9-12(17)2-1-3-13(9)19-14/h4-7,12H,1-3,17H2. The summed E-state index contributed by atoms with van der Waals surface area (Å²) in [4.78, 5) is 9.00. The number of nitrogens with zero attached hydrogens (tertiary/aromatic N) is 2. The molecule has 1 heterocycles. The van der Waals surface area contributed by atoms with E-state index in [4.69, 9.17) is 28.9 Å². The van der Waals surface area contributed by atoms with Crippen LogP contribution in [0.4, 0.5) is 0 Å². The Hall–Kier alpha value is -1.16. The molecule has 1 aromatic heterocycles. The summed E-state index contributed by atoms with van der Waals surface area (Å²) in [5.41, 5.74) is 9.05. The van der Waals surface area contributed by atoms with Crippen LogP contribution >= 0.6 is 23.2 Å². The Bertz CT molecular complexity index is 628. The maximum atomic E-state index is 6.06. The van der Waals surface area contributed by atoms with Gasteiger partial charge >= 0.3 is 0 Å². The van der Waals surface area contributed by atoms with E-state index in [-0.39, 0.29) is 6.04 Å². The molecule has 98 valence electrons. The van der Waals surface area contributed by atoms with Gasteiger partial charge in [0.2, 0.25) is 0 Å². The van der Waals surface area contributed by atoms with Crippen LogP contribution in [0.2, 0.25) is 10.0 Å². The number of nitrogens with two attached hydrogens (primary N) is 1. The number of rotatable bonds is 1. The summed E-state index contributed by atoms with van der Waals surface area (Å²) in [5.74, 6) is 0.673. The van der Waals surface area contributed by atoms with Crippen LogP contribution < -0.4 is 5.73 Å². The molecule has 1 unspecified atom stereocenters. The molecule has 3 nitrogen and oxygen atoms in total. The second kappa shape index (κ2) is 5.08. The van der Waals surface area contributed by atoms with Crippen LogP contribution in [0.5, 0.6) is 0 Å². The molecule has 2 N–H and O–H groups in total. The minimum atomic E-state index is 0.0617. The smallest absolute Gasteiger partial charge is 0.159 e. The van der Waals surface area contributed by atoms with Crippen molar-refractivity contribution in [2.45, 2.75) is 25.3 Å². The van der Waals surface area contributed by atoms with Crippen LogP contribution in [-0.2, 0) is 6.42 Å². The highest BCUT2D eigenvalue weighted by molar-refractivity contribution is 6.42. The molecule has 0 bridgehead atoms. The number of halogens is 2. The molecular weight excluding hydrogens is 281 g/mol. The summed E-state index contributed by atoms with van der Waals surface area (Å²) >= 11 is 11.9. The predicted octanol–water partition coefficient (Wildman–Crippen LogP) is 3.79. The van der Waals surface area contributed by atoms with Gasteiger partial charge in [-0.1, -0.05) is 23.2 Å². The lowest BCUT2D eigenvalue weighted by molar-refractivity contribution is 0.557. The lowest BCUT2D eigenvalue weighted by Crippen LogP contribution is -2.19. The molecule has 0 aliphatic heterocycles. The van der Waals surface area contributed by atoms with E-state index < -0.39 is 0 Å². The van der Waals surface area contributed by atoms with Gasteiger partial charge in [-0.2, -0.15) is 0 Å². The second-order valence-electron chi connectivity index (χ2n) is 4.72. The van der Waals surface area contributed by atoms with Crippen LogP contribution in [0.25, 0.3) is 11.4 Å². The Kier molecular flexibility index (Phi) is 3.44. The first-order valence-electron chi connectivity index (χ1n) is 6.22. The minimum absolute atomic E-state index is 0.0617. The molecule has 0 amide bonds. The zero-order valence-electron chi connectivity index (χ0n) is 10.2. The van der Waals surface area contributed by atoms with Crippen molar-refractivity contribution in [3.05, 3.63) is 45.7 Å². The summed E-state index contributed by atoms with van der Waals surface area (Å²) in [6, 6.07) is 5.48. The number of hydrogen-bond acceptors (Lipinski definition) is 3. The molecule has 5 heteroatoms. The number of aromatic nitrogens is 2. The Morgan fingerprint density at radius 2 is 2.05 bits per heavy atom. The fourth-order valence-electron chi connectivity index (χ4n) is 2.36. The third-order valence-corrected chi connectivity index (χ3v) is 4.15. The summed E-state index contributed by atoms with van der Waals surface area (Å²) in [5, 5.41) is 1.04. The molecule has 19 heavy (non-hydrogen) atoms. The van der Waals surface area contributed by atoms with Crippen LogP contribution in [-0.4, -0.2) is 9.97 Å². The third kappa shape index (κ3) is 2.46. The highest BCUT2D eigenvalue weighted by Crippen LogP contribution is 2.30. The van der Waals surface area contributed by atoms with Crippen LogP contribution in [0, 0.1) is 0 Å². The summed E-state index contributed by atoms with van der Waals surface area (Å²) < 4.78 is 0. The third-order valence-electron chi connectivity index (χ3n) is 3.41. The lowest BCUT2D eigenvalue weighted by atomic mass is 9.93. The second-order valence-corrected chi connectivity index (χ2v) is 5.54. The number of hydrogen-bond donors (Lipinski definition) is 1. The Morgan fingerprint density at radius 1 is 1.21 bits per heavy atom. The van der Waals surface area contributed by atoms with Crippen molar-refractivity contribution in [1.82, 2.24) is 9.97 Å². The molecule has 1 aliphatic rings. The molecule has 0 saturated carbocycles. The number of benzene rings is 1. The average molecular weight is 294 g/mol. The van der Waals surface area contributed by atoms with Gasteiger partial charge in [-0.15, -0.1) is 0 Å². The van der Waals surface area contributed by atoms with Crippen molar-refractivity contribution in [3.63, 3.8) is 0 Å². The maximum absolute atomic E-state index is 6.06. The summed E-state index contributed by atoms with van der Waals surface area (Å²) in [6.07, 6.45) is 4.87. The topological polar surface area (TPSA) is 51.8 Å².